The van der Waals surface area contributed by atoms with Gasteiger partial charge in [-0.2, -0.15) is 16.8 Å². The molecular formula is C32H66O20S2. The molecule has 0 fully saturated rings. The fourth-order valence-corrected chi connectivity index (χ4v) is 2.31. The molecule has 0 amide bonds. The fraction of sp³-hybridized carbons (Fsp3) is 0.812. The van der Waals surface area contributed by atoms with Crippen molar-refractivity contribution in [2.24, 2.45) is 0 Å². The predicted molar refractivity (Wildman–Crippen MR) is 196 cm³/mol. The summed E-state index contributed by atoms with van der Waals surface area (Å²) in [5.74, 6) is -2.06. The zero-order chi connectivity index (χ0) is 44.0. The second-order valence-corrected chi connectivity index (χ2v) is 12.4. The molecule has 54 heavy (non-hydrogen) atoms. The molecule has 0 aromatic rings. The van der Waals surface area contributed by atoms with E-state index in [1.807, 2.05) is 13.8 Å². The van der Waals surface area contributed by atoms with Gasteiger partial charge in [-0.3, -0.25) is 33.0 Å². The lowest BCUT2D eigenvalue weighted by atomic mass is 10.5. The van der Waals surface area contributed by atoms with Crippen molar-refractivity contribution in [3.05, 3.63) is 0 Å². The molecule has 0 radical (unpaired) electrons. The molecule has 0 aromatic heterocycles. The molecular weight excluding hydrogens is 768 g/mol. The van der Waals surface area contributed by atoms with E-state index in [1.54, 1.807) is 48.7 Å². The smallest absolute Gasteiger partial charge is 0.308 e. The molecule has 0 bridgehead atoms. The zero-order valence-corrected chi connectivity index (χ0v) is 36.1. The van der Waals surface area contributed by atoms with E-state index in [0.29, 0.717) is 32.5 Å². The van der Waals surface area contributed by atoms with Crippen molar-refractivity contribution in [3.8, 4) is 0 Å². The maximum absolute atomic E-state index is 10.6. The second kappa shape index (κ2) is 49.6. The molecule has 326 valence electrons. The van der Waals surface area contributed by atoms with E-state index in [0.717, 1.165) is 6.61 Å². The van der Waals surface area contributed by atoms with Crippen LogP contribution in [0.15, 0.2) is 0 Å². The van der Waals surface area contributed by atoms with Gasteiger partial charge in [-0.1, -0.05) is 20.8 Å². The highest BCUT2D eigenvalue weighted by Crippen LogP contribution is 1.92. The van der Waals surface area contributed by atoms with E-state index in [1.165, 1.54) is 34.8 Å². The van der Waals surface area contributed by atoms with Crippen LogP contribution >= 0.6 is 0 Å². The maximum Gasteiger partial charge on any atom is 0.308 e. The minimum Gasteiger partial charge on any atom is -0.469 e. The van der Waals surface area contributed by atoms with Crippen molar-refractivity contribution in [2.75, 3.05) is 72.5 Å². The van der Waals surface area contributed by atoms with Gasteiger partial charge in [0.25, 0.3) is 20.2 Å². The third-order valence-corrected chi connectivity index (χ3v) is 6.68. The van der Waals surface area contributed by atoms with Gasteiger partial charge in [-0.25, -0.2) is 4.18 Å². The molecule has 0 aliphatic heterocycles. The van der Waals surface area contributed by atoms with Crippen LogP contribution < -0.4 is 0 Å². The Morgan fingerprint density at radius 3 is 1.04 bits per heavy atom. The van der Waals surface area contributed by atoms with Crippen molar-refractivity contribution < 1.29 is 91.9 Å². The summed E-state index contributed by atoms with van der Waals surface area (Å²) in [5.41, 5.74) is 0. The van der Waals surface area contributed by atoms with Gasteiger partial charge < -0.3 is 37.9 Å². The highest BCUT2D eigenvalue weighted by atomic mass is 32.2. The van der Waals surface area contributed by atoms with Gasteiger partial charge >= 0.3 is 35.8 Å². The molecule has 0 spiro atoms. The third-order valence-electron chi connectivity index (χ3n) is 4.21. The number of hydrogen-bond acceptors (Lipinski definition) is 20. The van der Waals surface area contributed by atoms with Crippen molar-refractivity contribution in [1.29, 1.82) is 0 Å². The summed E-state index contributed by atoms with van der Waals surface area (Å²) < 4.78 is 85.9. The van der Waals surface area contributed by atoms with Crippen molar-refractivity contribution in [1.82, 2.24) is 0 Å². The van der Waals surface area contributed by atoms with E-state index < -0.39 is 39.0 Å². The minimum atomic E-state index is -3.49. The topological polar surface area (TPSA) is 263 Å². The predicted octanol–water partition coefficient (Wildman–Crippen LogP) is 3.43. The Bertz CT molecular complexity index is 1120. The van der Waals surface area contributed by atoms with E-state index in [-0.39, 0.29) is 55.6 Å². The average Bonchev–Trinajstić information content (AvgIpc) is 3.12. The lowest BCUT2D eigenvalue weighted by molar-refractivity contribution is -0.165. The Morgan fingerprint density at radius 2 is 0.796 bits per heavy atom. The van der Waals surface area contributed by atoms with E-state index in [9.17, 15) is 45.6 Å². The van der Waals surface area contributed by atoms with Gasteiger partial charge in [0.1, 0.15) is 0 Å². The van der Waals surface area contributed by atoms with Crippen LogP contribution in [0, 0.1) is 0 Å². The first kappa shape index (κ1) is 65.4. The standard InChI is InChI=1S/C6H10O4.C5H10O5S.C5H10O3.C5H10O2.C4H10O3S.C4H8O2.C3H8O/c1-3-6(8)10-4-9-5(2)7;1-3-11(7,8)10-4-9-5(2)6;1-3-7-4-8-5(2)6;1-3-5(6)7-4-2;1-3-7-8(5,6)4-2;1-3-4(5)6-2;1-3-4-2/h3-4H2,1-2H3;3-4H2,1-2H3;3-4H2,1-2H3;3-4H2,1-2H3;3-4H2,1-2H3;3H2,1-2H3;3H2,1-2H3. The minimum absolute atomic E-state index is 0.0564. The molecule has 0 atom stereocenters. The van der Waals surface area contributed by atoms with Crippen LogP contribution in [0.25, 0.3) is 0 Å². The number of hydrogen-bond donors (Lipinski definition) is 0. The van der Waals surface area contributed by atoms with Crippen LogP contribution in [0.3, 0.4) is 0 Å². The first-order valence-corrected chi connectivity index (χ1v) is 19.8. The first-order valence-electron chi connectivity index (χ1n) is 16.7. The summed E-state index contributed by atoms with van der Waals surface area (Å²) in [6.07, 6.45) is 1.24. The Hall–Kier alpha value is -3.44. The number of esters is 6. The van der Waals surface area contributed by atoms with Gasteiger partial charge in [-0.15, -0.1) is 0 Å². The van der Waals surface area contributed by atoms with Crippen molar-refractivity contribution in [3.63, 3.8) is 0 Å². The van der Waals surface area contributed by atoms with Crippen molar-refractivity contribution in [2.45, 2.75) is 102 Å². The Kier molecular flexibility index (Phi) is 60.1. The molecule has 0 N–H and O–H groups in total. The zero-order valence-electron chi connectivity index (χ0n) is 34.5. The lowest BCUT2D eigenvalue weighted by Gasteiger charge is -2.01. The first-order chi connectivity index (χ1) is 25.1. The molecule has 20 nitrogen and oxygen atoms in total. The summed E-state index contributed by atoms with van der Waals surface area (Å²) in [6.45, 7) is 20.6. The van der Waals surface area contributed by atoms with Crippen LogP contribution in [0.2, 0.25) is 0 Å². The van der Waals surface area contributed by atoms with Crippen LogP contribution in [-0.4, -0.2) is 125 Å². The van der Waals surface area contributed by atoms with E-state index >= 15 is 0 Å². The summed E-state index contributed by atoms with van der Waals surface area (Å²) in [7, 11) is -3.60. The number of carbonyl (C=O) groups is 6. The largest absolute Gasteiger partial charge is 0.469 e. The number of carbonyl (C=O) groups excluding carboxylic acids is 6. The molecule has 22 heteroatoms. The third kappa shape index (κ3) is 82.2. The molecule has 0 aliphatic carbocycles. The lowest BCUT2D eigenvalue weighted by Crippen LogP contribution is -2.12. The average molecular weight is 835 g/mol. The van der Waals surface area contributed by atoms with E-state index in [4.69, 9.17) is 4.74 Å². The summed E-state index contributed by atoms with van der Waals surface area (Å²) >= 11 is 0. The van der Waals surface area contributed by atoms with Crippen LogP contribution in [-0.2, 0) is 95.3 Å². The second-order valence-electron chi connectivity index (χ2n) is 8.51. The Morgan fingerprint density at radius 1 is 0.426 bits per heavy atom. The number of methoxy groups -OCH3 is 2. The maximum atomic E-state index is 10.6. The number of rotatable bonds is 17. The van der Waals surface area contributed by atoms with Gasteiger partial charge in [0.2, 0.25) is 13.6 Å². The fourth-order valence-electron chi connectivity index (χ4n) is 1.42. The SMILES string of the molecule is CCC(=O)OC.CCC(=O)OCOC(C)=O.CCOC.CCOC(=O)CC.CCOCOC(C)=O.CCOS(=O)(=O)CC.CCS(=O)(=O)OCOC(C)=O. The van der Waals surface area contributed by atoms with Crippen LogP contribution in [0.4, 0.5) is 0 Å². The monoisotopic (exact) mass is 834 g/mol. The Labute approximate surface area is 322 Å². The highest BCUT2D eigenvalue weighted by Gasteiger charge is 2.07. The van der Waals surface area contributed by atoms with Crippen LogP contribution in [0.1, 0.15) is 102 Å². The Balaban J connectivity index is -0.0000000971. The molecule has 0 aromatic carbocycles. The van der Waals surface area contributed by atoms with Crippen LogP contribution in [0.5, 0.6) is 0 Å². The molecule has 0 aliphatic rings. The molecule has 0 saturated heterocycles. The number of ether oxygens (including phenoxy) is 8. The summed E-state index contributed by atoms with van der Waals surface area (Å²) in [6, 6.07) is 0. The quantitative estimate of drug-likeness (QED) is 0.0668. The summed E-state index contributed by atoms with van der Waals surface area (Å²) in [4.78, 5) is 60.8. The molecule has 0 heterocycles. The summed E-state index contributed by atoms with van der Waals surface area (Å²) in [5, 5.41) is 0. The highest BCUT2D eigenvalue weighted by molar-refractivity contribution is 7.86. The van der Waals surface area contributed by atoms with Gasteiger partial charge in [0.05, 0.1) is 31.8 Å². The molecule has 0 saturated carbocycles. The van der Waals surface area contributed by atoms with E-state index in [2.05, 4.69) is 41.5 Å². The molecule has 0 unspecified atom stereocenters. The van der Waals surface area contributed by atoms with Gasteiger partial charge in [0.15, 0.2) is 6.79 Å². The van der Waals surface area contributed by atoms with Gasteiger partial charge in [0, 0.05) is 60.4 Å². The van der Waals surface area contributed by atoms with Crippen molar-refractivity contribution >= 4 is 56.1 Å². The molecule has 0 rings (SSSR count). The normalized spacial score (nSPS) is 9.37. The van der Waals surface area contributed by atoms with Gasteiger partial charge in [-0.05, 0) is 41.5 Å².